The smallest absolute Gasteiger partial charge is 0.303 e. The molecule has 0 aliphatic carbocycles. The molecule has 2 aromatic carbocycles. The van der Waals surface area contributed by atoms with Crippen molar-refractivity contribution in [3.63, 3.8) is 0 Å². The summed E-state index contributed by atoms with van der Waals surface area (Å²) in [6, 6.07) is 8.75. The molecule has 1 aliphatic rings. The Balaban J connectivity index is 2.13. The number of halogens is 5. The zero-order valence-electron chi connectivity index (χ0n) is 15.0. The van der Waals surface area contributed by atoms with E-state index in [9.17, 15) is 22.4 Å². The zero-order valence-corrected chi connectivity index (χ0v) is 18.0. The lowest BCUT2D eigenvalue weighted by molar-refractivity contribution is -0.137. The van der Waals surface area contributed by atoms with E-state index in [1.807, 2.05) is 22.6 Å². The topological polar surface area (TPSA) is 47.3 Å². The molecule has 0 spiro atoms. The van der Waals surface area contributed by atoms with Crippen LogP contribution in [-0.4, -0.2) is 16.6 Å². The molecule has 2 aromatic rings. The van der Waals surface area contributed by atoms with Gasteiger partial charge in [-0.15, -0.1) is 0 Å². The van der Waals surface area contributed by atoms with E-state index >= 15 is 0 Å². The maximum Gasteiger partial charge on any atom is 0.417 e. The van der Waals surface area contributed by atoms with Crippen LogP contribution in [0.3, 0.4) is 0 Å². The van der Waals surface area contributed by atoms with Crippen LogP contribution >= 0.6 is 34.8 Å². The lowest BCUT2D eigenvalue weighted by atomic mass is 10.0. The molecular formula is C19H12F4IN3OS. The van der Waals surface area contributed by atoms with Crippen LogP contribution in [0.4, 0.5) is 28.9 Å². The van der Waals surface area contributed by atoms with Gasteiger partial charge in [0.1, 0.15) is 11.4 Å². The summed E-state index contributed by atoms with van der Waals surface area (Å²) < 4.78 is 54.4. The molecule has 0 unspecified atom stereocenters. The number of hydrogen-bond donors (Lipinski definition) is 0. The predicted molar refractivity (Wildman–Crippen MR) is 112 cm³/mol. The minimum atomic E-state index is -4.78. The molecule has 29 heavy (non-hydrogen) atoms. The molecule has 0 radical (unpaired) electrons. The van der Waals surface area contributed by atoms with Gasteiger partial charge in [0.15, 0.2) is 5.11 Å². The van der Waals surface area contributed by atoms with E-state index in [-0.39, 0.29) is 10.8 Å². The maximum absolute atomic E-state index is 14.1. The van der Waals surface area contributed by atoms with E-state index in [2.05, 4.69) is 0 Å². The van der Waals surface area contributed by atoms with Crippen LogP contribution in [-0.2, 0) is 11.0 Å². The summed E-state index contributed by atoms with van der Waals surface area (Å²) in [5, 5.41) is 8.88. The first-order valence-corrected chi connectivity index (χ1v) is 9.63. The first-order valence-electron chi connectivity index (χ1n) is 8.14. The monoisotopic (exact) mass is 533 g/mol. The summed E-state index contributed by atoms with van der Waals surface area (Å²) >= 11 is 7.20. The fourth-order valence-corrected chi connectivity index (χ4v) is 3.94. The van der Waals surface area contributed by atoms with Gasteiger partial charge < -0.3 is 4.90 Å². The van der Waals surface area contributed by atoms with Gasteiger partial charge in [-0.25, -0.2) is 4.39 Å². The minimum absolute atomic E-state index is 0.0848. The Kier molecular flexibility index (Phi) is 5.33. The molecule has 1 saturated heterocycles. The number of anilines is 2. The molecule has 3 rings (SSSR count). The third kappa shape index (κ3) is 3.57. The van der Waals surface area contributed by atoms with Crippen LogP contribution in [0.5, 0.6) is 0 Å². The molecule has 0 saturated carbocycles. The first kappa shape index (κ1) is 21.4. The normalized spacial score (nSPS) is 16.3. The molecule has 1 amide bonds. The number of carbonyl (C=O) groups excluding carboxylic acids is 1. The largest absolute Gasteiger partial charge is 0.417 e. The van der Waals surface area contributed by atoms with Gasteiger partial charge in [0, 0.05) is 9.26 Å². The Hall–Kier alpha value is -2.26. The first-order chi connectivity index (χ1) is 13.4. The summed E-state index contributed by atoms with van der Waals surface area (Å²) in [6.07, 6.45) is -4.78. The number of amides is 1. The Morgan fingerprint density at radius 2 is 1.76 bits per heavy atom. The Morgan fingerprint density at radius 3 is 2.31 bits per heavy atom. The van der Waals surface area contributed by atoms with Crippen LogP contribution in [0.25, 0.3) is 0 Å². The van der Waals surface area contributed by atoms with Crippen LogP contribution in [0.15, 0.2) is 36.4 Å². The summed E-state index contributed by atoms with van der Waals surface area (Å²) in [5.41, 5.74) is -2.80. The van der Waals surface area contributed by atoms with E-state index in [1.54, 1.807) is 19.9 Å². The number of alkyl halides is 3. The third-order valence-corrected chi connectivity index (χ3v) is 5.76. The quantitative estimate of drug-likeness (QED) is 0.301. The van der Waals surface area contributed by atoms with Crippen LogP contribution in [0.1, 0.15) is 25.0 Å². The maximum atomic E-state index is 14.1. The van der Waals surface area contributed by atoms with E-state index in [4.69, 9.17) is 17.5 Å². The number of benzene rings is 2. The van der Waals surface area contributed by atoms with Crippen molar-refractivity contribution >= 4 is 57.2 Å². The SMILES string of the molecule is CC1(C)C(=O)N(c2ccc(C#N)c(C(F)(F)F)c2)C(=S)N1c1ccc(I)c(F)c1. The number of hydrogen-bond acceptors (Lipinski definition) is 3. The minimum Gasteiger partial charge on any atom is -0.303 e. The number of rotatable bonds is 2. The number of nitrogens with zero attached hydrogens (tertiary/aromatic N) is 3. The molecule has 4 nitrogen and oxygen atoms in total. The van der Waals surface area contributed by atoms with Crippen molar-refractivity contribution in [3.05, 3.63) is 56.9 Å². The highest BCUT2D eigenvalue weighted by atomic mass is 127. The van der Waals surface area contributed by atoms with Crippen molar-refractivity contribution in [2.45, 2.75) is 25.6 Å². The summed E-state index contributed by atoms with van der Waals surface area (Å²) in [7, 11) is 0. The standard InChI is InChI=1S/C19H12F4IN3OS/c1-18(2)16(28)26(11-4-3-10(9-25)13(7-11)19(21,22)23)17(29)27(18)12-5-6-15(24)14(20)8-12/h3-8H,1-2H3. The van der Waals surface area contributed by atoms with E-state index in [0.717, 1.165) is 17.0 Å². The van der Waals surface area contributed by atoms with Gasteiger partial charge in [0.2, 0.25) is 0 Å². The van der Waals surface area contributed by atoms with Gasteiger partial charge in [-0.05, 0) is 85.1 Å². The molecule has 0 aromatic heterocycles. The van der Waals surface area contributed by atoms with Gasteiger partial charge in [0.05, 0.1) is 22.9 Å². The highest BCUT2D eigenvalue weighted by molar-refractivity contribution is 14.1. The molecule has 150 valence electrons. The molecule has 0 N–H and O–H groups in total. The lowest BCUT2D eigenvalue weighted by Gasteiger charge is -2.29. The molecule has 1 heterocycles. The summed E-state index contributed by atoms with van der Waals surface area (Å²) in [6.45, 7) is 3.09. The van der Waals surface area contributed by atoms with Gasteiger partial charge >= 0.3 is 6.18 Å². The van der Waals surface area contributed by atoms with Crippen molar-refractivity contribution in [1.82, 2.24) is 0 Å². The highest BCUT2D eigenvalue weighted by Crippen LogP contribution is 2.39. The second-order valence-electron chi connectivity index (χ2n) is 6.76. The van der Waals surface area contributed by atoms with Crippen LogP contribution in [0, 0.1) is 20.7 Å². The van der Waals surface area contributed by atoms with Crippen molar-refractivity contribution in [2.75, 3.05) is 9.80 Å². The zero-order chi connectivity index (χ0) is 21.7. The fraction of sp³-hybridized carbons (Fsp3) is 0.211. The van der Waals surface area contributed by atoms with Gasteiger partial charge in [-0.1, -0.05) is 0 Å². The molecule has 10 heteroatoms. The van der Waals surface area contributed by atoms with Crippen molar-refractivity contribution in [2.24, 2.45) is 0 Å². The summed E-state index contributed by atoms with van der Waals surface area (Å²) in [4.78, 5) is 15.4. The van der Waals surface area contributed by atoms with E-state index in [0.29, 0.717) is 9.26 Å². The second kappa shape index (κ2) is 7.21. The average molecular weight is 533 g/mol. The lowest BCUT2D eigenvalue weighted by Crippen LogP contribution is -2.44. The van der Waals surface area contributed by atoms with Crippen LogP contribution < -0.4 is 9.80 Å². The van der Waals surface area contributed by atoms with Gasteiger partial charge in [-0.3, -0.25) is 9.69 Å². The predicted octanol–water partition coefficient (Wildman–Crippen LogP) is 5.24. The number of thiocarbonyl (C=S) groups is 1. The van der Waals surface area contributed by atoms with Crippen LogP contribution in [0.2, 0.25) is 0 Å². The fourth-order valence-electron chi connectivity index (χ4n) is 3.08. The molecular weight excluding hydrogens is 521 g/mol. The van der Waals surface area contributed by atoms with E-state index in [1.165, 1.54) is 29.2 Å². The Bertz CT molecular complexity index is 1080. The third-order valence-electron chi connectivity index (χ3n) is 4.52. The van der Waals surface area contributed by atoms with Gasteiger partial charge in [-0.2, -0.15) is 18.4 Å². The highest BCUT2D eigenvalue weighted by Gasteiger charge is 2.50. The Morgan fingerprint density at radius 1 is 1.14 bits per heavy atom. The van der Waals surface area contributed by atoms with Crippen molar-refractivity contribution in [1.29, 1.82) is 5.26 Å². The average Bonchev–Trinajstić information content (AvgIpc) is 2.81. The van der Waals surface area contributed by atoms with Crippen molar-refractivity contribution in [3.8, 4) is 6.07 Å². The summed E-state index contributed by atoms with van der Waals surface area (Å²) in [5.74, 6) is -1.08. The van der Waals surface area contributed by atoms with Crippen molar-refractivity contribution < 1.29 is 22.4 Å². The molecule has 1 fully saturated rings. The van der Waals surface area contributed by atoms with Gasteiger partial charge in [0.25, 0.3) is 5.91 Å². The molecule has 1 aliphatic heterocycles. The number of carbonyl (C=O) groups is 1. The Labute approximate surface area is 182 Å². The number of nitriles is 1. The molecule has 0 atom stereocenters. The molecule has 0 bridgehead atoms. The van der Waals surface area contributed by atoms with E-state index < -0.39 is 34.6 Å². The second-order valence-corrected chi connectivity index (χ2v) is 8.28.